The Morgan fingerprint density at radius 3 is 2.83 bits per heavy atom. The fourth-order valence-electron chi connectivity index (χ4n) is 3.41. The van der Waals surface area contributed by atoms with Crippen molar-refractivity contribution in [2.24, 2.45) is 5.92 Å². The van der Waals surface area contributed by atoms with Crippen molar-refractivity contribution in [3.63, 3.8) is 0 Å². The molecular formula is C16H21NO. The Morgan fingerprint density at radius 2 is 2.00 bits per heavy atom. The Labute approximate surface area is 109 Å². The van der Waals surface area contributed by atoms with Crippen LogP contribution in [0, 0.1) is 5.92 Å². The van der Waals surface area contributed by atoms with E-state index in [1.54, 1.807) is 0 Å². The Morgan fingerprint density at radius 1 is 1.22 bits per heavy atom. The third-order valence-electron chi connectivity index (χ3n) is 4.40. The highest BCUT2D eigenvalue weighted by atomic mass is 16.1. The van der Waals surface area contributed by atoms with Crippen molar-refractivity contribution < 1.29 is 4.79 Å². The Balaban J connectivity index is 1.74. The Bertz CT molecular complexity index is 434. The third-order valence-corrected chi connectivity index (χ3v) is 4.40. The van der Waals surface area contributed by atoms with Crippen LogP contribution in [0.4, 0.5) is 0 Å². The lowest BCUT2D eigenvalue weighted by Crippen LogP contribution is -2.35. The van der Waals surface area contributed by atoms with E-state index in [0.717, 1.165) is 19.4 Å². The number of rotatable bonds is 3. The largest absolute Gasteiger partial charge is 0.303 e. The number of Topliss-reactive ketones (excluding diaryl/α,β-unsaturated/α-hetero) is 1. The average molecular weight is 243 g/mol. The van der Waals surface area contributed by atoms with Gasteiger partial charge in [-0.3, -0.25) is 4.79 Å². The smallest absolute Gasteiger partial charge is 0.154 e. The van der Waals surface area contributed by atoms with Crippen LogP contribution in [0.2, 0.25) is 0 Å². The molecule has 3 rings (SSSR count). The van der Waals surface area contributed by atoms with E-state index in [1.807, 2.05) is 6.07 Å². The maximum absolute atomic E-state index is 12.5. The first kappa shape index (κ1) is 11.9. The first-order valence-electron chi connectivity index (χ1n) is 7.18. The maximum atomic E-state index is 12.5. The maximum Gasteiger partial charge on any atom is 0.154 e. The van der Waals surface area contributed by atoms with Gasteiger partial charge in [-0.2, -0.15) is 0 Å². The summed E-state index contributed by atoms with van der Waals surface area (Å²) in [6.45, 7) is 0.929. The predicted molar refractivity (Wildman–Crippen MR) is 72.5 cm³/mol. The van der Waals surface area contributed by atoms with Gasteiger partial charge in [0.15, 0.2) is 5.78 Å². The Hall–Kier alpha value is -1.15. The molecule has 1 saturated carbocycles. The number of benzene rings is 1. The summed E-state index contributed by atoms with van der Waals surface area (Å²) in [5, 5.41) is 3.40. The molecule has 1 atom stereocenters. The number of carbonyl (C=O) groups excluding carboxylic acids is 1. The number of nitrogens with one attached hydrogen (secondary N) is 1. The molecule has 1 unspecified atom stereocenters. The number of ketones is 1. The van der Waals surface area contributed by atoms with E-state index in [0.29, 0.717) is 11.7 Å². The van der Waals surface area contributed by atoms with Gasteiger partial charge in [-0.15, -0.1) is 0 Å². The second-order valence-electron chi connectivity index (χ2n) is 5.66. The molecule has 0 aromatic heterocycles. The zero-order valence-electron chi connectivity index (χ0n) is 10.8. The molecule has 1 aromatic carbocycles. The molecule has 1 aliphatic carbocycles. The van der Waals surface area contributed by atoms with Gasteiger partial charge in [0, 0.05) is 13.0 Å². The second kappa shape index (κ2) is 5.23. The normalized spacial score (nSPS) is 23.9. The van der Waals surface area contributed by atoms with Gasteiger partial charge in [-0.1, -0.05) is 49.9 Å². The summed E-state index contributed by atoms with van der Waals surface area (Å²) in [5.41, 5.74) is 2.56. The van der Waals surface area contributed by atoms with E-state index in [9.17, 15) is 4.79 Å². The summed E-state index contributed by atoms with van der Waals surface area (Å²) >= 11 is 0. The van der Waals surface area contributed by atoms with E-state index >= 15 is 0 Å². The van der Waals surface area contributed by atoms with Gasteiger partial charge in [0.25, 0.3) is 0 Å². The second-order valence-corrected chi connectivity index (χ2v) is 5.66. The molecule has 0 amide bonds. The van der Waals surface area contributed by atoms with Crippen molar-refractivity contribution >= 4 is 5.78 Å². The molecule has 0 bridgehead atoms. The van der Waals surface area contributed by atoms with Crippen molar-refractivity contribution in [1.29, 1.82) is 0 Å². The van der Waals surface area contributed by atoms with Crippen LogP contribution < -0.4 is 5.32 Å². The van der Waals surface area contributed by atoms with Crippen LogP contribution in [-0.2, 0) is 11.2 Å². The Kier molecular flexibility index (Phi) is 3.46. The molecular weight excluding hydrogens is 222 g/mol. The number of fused-ring (bicyclic) bond motifs is 1. The molecule has 2 heteroatoms. The number of carbonyl (C=O) groups is 1. The average Bonchev–Trinajstić information content (AvgIpc) is 2.91. The minimum absolute atomic E-state index is 0.0458. The monoisotopic (exact) mass is 243 g/mol. The van der Waals surface area contributed by atoms with Crippen LogP contribution in [0.5, 0.6) is 0 Å². The SMILES string of the molecule is O=C(CC1CCCC1)C1NCCc2ccccc21. The highest BCUT2D eigenvalue weighted by Gasteiger charge is 2.28. The number of hydrogen-bond acceptors (Lipinski definition) is 2. The molecule has 1 fully saturated rings. The van der Waals surface area contributed by atoms with Gasteiger partial charge in [0.2, 0.25) is 0 Å². The van der Waals surface area contributed by atoms with Crippen LogP contribution in [-0.4, -0.2) is 12.3 Å². The van der Waals surface area contributed by atoms with Crippen molar-refractivity contribution in [3.8, 4) is 0 Å². The van der Waals surface area contributed by atoms with Crippen LogP contribution >= 0.6 is 0 Å². The standard InChI is InChI=1S/C16H21NO/c18-15(11-12-5-1-2-6-12)16-14-8-4-3-7-13(14)9-10-17-16/h3-4,7-8,12,16-17H,1-2,5-6,9-11H2. The topological polar surface area (TPSA) is 29.1 Å². The minimum Gasteiger partial charge on any atom is -0.303 e. The van der Waals surface area contributed by atoms with Gasteiger partial charge in [0.1, 0.15) is 0 Å². The summed E-state index contributed by atoms with van der Waals surface area (Å²) in [6, 6.07) is 8.34. The first-order valence-corrected chi connectivity index (χ1v) is 7.18. The molecule has 0 radical (unpaired) electrons. The van der Waals surface area contributed by atoms with Gasteiger partial charge in [-0.25, -0.2) is 0 Å². The van der Waals surface area contributed by atoms with E-state index in [4.69, 9.17) is 0 Å². The first-order chi connectivity index (χ1) is 8.84. The summed E-state index contributed by atoms with van der Waals surface area (Å²) in [7, 11) is 0. The van der Waals surface area contributed by atoms with Crippen LogP contribution in [0.1, 0.15) is 49.3 Å². The predicted octanol–water partition coefficient (Wildman–Crippen LogP) is 3.02. The van der Waals surface area contributed by atoms with E-state index in [2.05, 4.69) is 23.5 Å². The molecule has 1 heterocycles. The fraction of sp³-hybridized carbons (Fsp3) is 0.562. The van der Waals surface area contributed by atoms with Crippen LogP contribution in [0.3, 0.4) is 0 Å². The van der Waals surface area contributed by atoms with E-state index in [1.165, 1.54) is 36.8 Å². The van der Waals surface area contributed by atoms with E-state index in [-0.39, 0.29) is 6.04 Å². The zero-order valence-corrected chi connectivity index (χ0v) is 10.8. The van der Waals surface area contributed by atoms with Gasteiger partial charge >= 0.3 is 0 Å². The quantitative estimate of drug-likeness (QED) is 0.884. The molecule has 2 nitrogen and oxygen atoms in total. The molecule has 96 valence electrons. The van der Waals surface area contributed by atoms with Crippen molar-refractivity contribution in [2.75, 3.05) is 6.54 Å². The van der Waals surface area contributed by atoms with Crippen LogP contribution in [0.15, 0.2) is 24.3 Å². The molecule has 1 N–H and O–H groups in total. The lowest BCUT2D eigenvalue weighted by molar-refractivity contribution is -0.122. The minimum atomic E-state index is -0.0458. The summed E-state index contributed by atoms with van der Waals surface area (Å²) < 4.78 is 0. The summed E-state index contributed by atoms with van der Waals surface area (Å²) in [4.78, 5) is 12.5. The van der Waals surface area contributed by atoms with Gasteiger partial charge in [0.05, 0.1) is 6.04 Å². The third kappa shape index (κ3) is 2.35. The molecule has 2 aliphatic rings. The fourth-order valence-corrected chi connectivity index (χ4v) is 3.41. The zero-order chi connectivity index (χ0) is 12.4. The highest BCUT2D eigenvalue weighted by Crippen LogP contribution is 2.31. The van der Waals surface area contributed by atoms with Crippen LogP contribution in [0.25, 0.3) is 0 Å². The molecule has 0 saturated heterocycles. The lowest BCUT2D eigenvalue weighted by Gasteiger charge is -2.26. The molecule has 18 heavy (non-hydrogen) atoms. The van der Waals surface area contributed by atoms with Crippen molar-refractivity contribution in [2.45, 2.75) is 44.6 Å². The van der Waals surface area contributed by atoms with Crippen molar-refractivity contribution in [3.05, 3.63) is 35.4 Å². The lowest BCUT2D eigenvalue weighted by atomic mass is 9.88. The molecule has 1 aromatic rings. The van der Waals surface area contributed by atoms with E-state index < -0.39 is 0 Å². The van der Waals surface area contributed by atoms with Gasteiger partial charge in [-0.05, 0) is 23.5 Å². The highest BCUT2D eigenvalue weighted by molar-refractivity contribution is 5.86. The van der Waals surface area contributed by atoms with Crippen molar-refractivity contribution in [1.82, 2.24) is 5.32 Å². The molecule has 1 aliphatic heterocycles. The number of hydrogen-bond donors (Lipinski definition) is 1. The molecule has 0 spiro atoms. The summed E-state index contributed by atoms with van der Waals surface area (Å²) in [6.07, 6.45) is 6.94. The van der Waals surface area contributed by atoms with Gasteiger partial charge < -0.3 is 5.32 Å². The summed E-state index contributed by atoms with van der Waals surface area (Å²) in [5.74, 6) is 1.04.